The Labute approximate surface area is 75.1 Å². The van der Waals surface area contributed by atoms with Crippen molar-refractivity contribution in [3.63, 3.8) is 0 Å². The molecule has 0 aliphatic heterocycles. The van der Waals surface area contributed by atoms with Crippen molar-refractivity contribution < 1.29 is 0 Å². The zero-order valence-electron chi connectivity index (χ0n) is 7.84. The molecule has 0 heterocycles. The van der Waals surface area contributed by atoms with E-state index < -0.39 is 0 Å². The van der Waals surface area contributed by atoms with Gasteiger partial charge in [-0.05, 0) is 25.7 Å². The third-order valence-corrected chi connectivity index (χ3v) is 2.76. The van der Waals surface area contributed by atoms with Crippen LogP contribution >= 0.6 is 0 Å². The molecule has 1 rings (SSSR count). The lowest BCUT2D eigenvalue weighted by atomic mass is 9.84. The van der Waals surface area contributed by atoms with E-state index in [-0.39, 0.29) is 0 Å². The first kappa shape index (κ1) is 9.32. The summed E-state index contributed by atoms with van der Waals surface area (Å²) in [6.45, 7) is 2.17. The zero-order valence-corrected chi connectivity index (χ0v) is 7.84. The first-order valence-corrected chi connectivity index (χ1v) is 4.88. The van der Waals surface area contributed by atoms with Gasteiger partial charge >= 0.3 is 0 Å². The van der Waals surface area contributed by atoms with Gasteiger partial charge < -0.3 is 0 Å². The minimum Gasteiger partial charge on any atom is -0.198 e. The van der Waals surface area contributed by atoms with E-state index in [1.54, 1.807) is 0 Å². The van der Waals surface area contributed by atoms with Crippen LogP contribution < -0.4 is 0 Å². The van der Waals surface area contributed by atoms with Gasteiger partial charge in [0.1, 0.15) is 0 Å². The van der Waals surface area contributed by atoms with Gasteiger partial charge in [0.15, 0.2) is 0 Å². The number of hydrogen-bond acceptors (Lipinski definition) is 1. The van der Waals surface area contributed by atoms with Gasteiger partial charge in [-0.3, -0.25) is 0 Å². The van der Waals surface area contributed by atoms with Gasteiger partial charge in [0.25, 0.3) is 0 Å². The van der Waals surface area contributed by atoms with Crippen LogP contribution in [-0.4, -0.2) is 0 Å². The fourth-order valence-corrected chi connectivity index (χ4v) is 1.93. The molecule has 1 nitrogen and oxygen atoms in total. The summed E-state index contributed by atoms with van der Waals surface area (Å²) in [4.78, 5) is 0. The van der Waals surface area contributed by atoms with Crippen molar-refractivity contribution in [1.82, 2.24) is 0 Å². The average Bonchev–Trinajstić information content (AvgIpc) is 2.15. The molecule has 0 N–H and O–H groups in total. The normalized spacial score (nSPS) is 20.5. The van der Waals surface area contributed by atoms with E-state index in [4.69, 9.17) is 5.26 Å². The molecule has 0 aromatic rings. The summed E-state index contributed by atoms with van der Waals surface area (Å²) >= 11 is 0. The number of rotatable bonds is 2. The van der Waals surface area contributed by atoms with Gasteiger partial charge in [-0.25, -0.2) is 0 Å². The largest absolute Gasteiger partial charge is 0.198 e. The average molecular weight is 163 g/mol. The third-order valence-electron chi connectivity index (χ3n) is 2.76. The molecule has 0 bridgehead atoms. The van der Waals surface area contributed by atoms with Crippen LogP contribution in [0.25, 0.3) is 0 Å². The molecule has 0 aromatic carbocycles. The maximum absolute atomic E-state index is 8.42. The highest BCUT2D eigenvalue weighted by molar-refractivity contribution is 5.06. The molecule has 1 aliphatic rings. The van der Waals surface area contributed by atoms with Crippen LogP contribution in [0, 0.1) is 17.2 Å². The predicted octanol–water partition coefficient (Wildman–Crippen LogP) is 3.43. The Morgan fingerprint density at radius 3 is 2.67 bits per heavy atom. The smallest absolute Gasteiger partial charge is 0.0663 e. The van der Waals surface area contributed by atoms with E-state index in [9.17, 15) is 0 Å². The molecular weight excluding hydrogens is 146 g/mol. The van der Waals surface area contributed by atoms with Crippen LogP contribution in [0.2, 0.25) is 0 Å². The maximum atomic E-state index is 8.42. The Kier molecular flexibility index (Phi) is 3.87. The lowest BCUT2D eigenvalue weighted by Gasteiger charge is -2.22. The van der Waals surface area contributed by atoms with E-state index in [0.29, 0.717) is 6.42 Å². The summed E-state index contributed by atoms with van der Waals surface area (Å²) in [5.74, 6) is 0.784. The van der Waals surface area contributed by atoms with Crippen molar-refractivity contribution in [3.05, 3.63) is 11.6 Å². The highest BCUT2D eigenvalue weighted by Gasteiger charge is 2.13. The van der Waals surface area contributed by atoms with Gasteiger partial charge in [0.05, 0.1) is 12.5 Å². The number of allylic oxidation sites excluding steroid dienone is 2. The summed E-state index contributed by atoms with van der Waals surface area (Å²) in [6.07, 6.45) is 9.52. The van der Waals surface area contributed by atoms with E-state index in [0.717, 1.165) is 5.92 Å². The van der Waals surface area contributed by atoms with E-state index in [2.05, 4.69) is 19.1 Å². The quantitative estimate of drug-likeness (QED) is 0.572. The second-order valence-corrected chi connectivity index (χ2v) is 3.65. The van der Waals surface area contributed by atoms with Gasteiger partial charge in [0, 0.05) is 0 Å². The molecule has 1 saturated carbocycles. The summed E-state index contributed by atoms with van der Waals surface area (Å²) < 4.78 is 0. The Hall–Kier alpha value is -0.770. The molecule has 12 heavy (non-hydrogen) atoms. The van der Waals surface area contributed by atoms with Crippen LogP contribution in [0.5, 0.6) is 0 Å². The minimum atomic E-state index is 0.586. The van der Waals surface area contributed by atoms with Gasteiger partial charge in [-0.1, -0.05) is 30.9 Å². The van der Waals surface area contributed by atoms with Crippen LogP contribution in [0.4, 0.5) is 0 Å². The Morgan fingerprint density at radius 2 is 2.08 bits per heavy atom. The van der Waals surface area contributed by atoms with Crippen LogP contribution in [-0.2, 0) is 0 Å². The topological polar surface area (TPSA) is 23.8 Å². The summed E-state index contributed by atoms with van der Waals surface area (Å²) in [5.41, 5.74) is 1.44. The minimum absolute atomic E-state index is 0.586. The zero-order chi connectivity index (χ0) is 8.81. The van der Waals surface area contributed by atoms with Gasteiger partial charge in [-0.15, -0.1) is 0 Å². The highest BCUT2D eigenvalue weighted by Crippen LogP contribution is 2.29. The Morgan fingerprint density at radius 1 is 1.42 bits per heavy atom. The summed E-state index contributed by atoms with van der Waals surface area (Å²) in [5, 5.41) is 8.42. The van der Waals surface area contributed by atoms with E-state index >= 15 is 0 Å². The fraction of sp³-hybridized carbons (Fsp3) is 0.727. The Balaban J connectivity index is 2.39. The van der Waals surface area contributed by atoms with E-state index in [1.165, 1.54) is 37.7 Å². The molecule has 0 unspecified atom stereocenters. The SMILES string of the molecule is C/C(=C/CC#N)C1CCCCC1. The second kappa shape index (κ2) is 4.98. The first-order valence-electron chi connectivity index (χ1n) is 4.88. The predicted molar refractivity (Wildman–Crippen MR) is 50.6 cm³/mol. The van der Waals surface area contributed by atoms with Crippen LogP contribution in [0.1, 0.15) is 45.4 Å². The highest BCUT2D eigenvalue weighted by atomic mass is 14.2. The molecule has 66 valence electrons. The monoisotopic (exact) mass is 163 g/mol. The summed E-state index contributed by atoms with van der Waals surface area (Å²) in [7, 11) is 0. The molecule has 0 amide bonds. The van der Waals surface area contributed by atoms with Crippen molar-refractivity contribution >= 4 is 0 Å². The molecular formula is C11H17N. The second-order valence-electron chi connectivity index (χ2n) is 3.65. The molecule has 0 spiro atoms. The molecule has 0 radical (unpaired) electrons. The van der Waals surface area contributed by atoms with Crippen molar-refractivity contribution in [2.24, 2.45) is 5.92 Å². The third kappa shape index (κ3) is 2.70. The Bertz CT molecular complexity index is 192. The van der Waals surface area contributed by atoms with Crippen molar-refractivity contribution in [3.8, 4) is 6.07 Å². The van der Waals surface area contributed by atoms with Crippen LogP contribution in [0.3, 0.4) is 0 Å². The fourth-order valence-electron chi connectivity index (χ4n) is 1.93. The van der Waals surface area contributed by atoms with Crippen molar-refractivity contribution in [1.29, 1.82) is 5.26 Å². The molecule has 1 heteroatoms. The number of hydrogen-bond donors (Lipinski definition) is 0. The van der Waals surface area contributed by atoms with E-state index in [1.807, 2.05) is 0 Å². The standard InChI is InChI=1S/C11H17N/c1-10(6-5-9-12)11-7-3-2-4-8-11/h6,11H,2-5,7-8H2,1H3/b10-6-. The van der Waals surface area contributed by atoms with Crippen molar-refractivity contribution in [2.45, 2.75) is 45.4 Å². The molecule has 0 saturated heterocycles. The number of nitrogens with zero attached hydrogens (tertiary/aromatic N) is 1. The molecule has 0 aromatic heterocycles. The lowest BCUT2D eigenvalue weighted by Crippen LogP contribution is -2.07. The van der Waals surface area contributed by atoms with Gasteiger partial charge in [0.2, 0.25) is 0 Å². The summed E-state index contributed by atoms with van der Waals surface area (Å²) in [6, 6.07) is 2.16. The molecule has 1 fully saturated rings. The number of nitriles is 1. The van der Waals surface area contributed by atoms with Gasteiger partial charge in [-0.2, -0.15) is 5.26 Å². The lowest BCUT2D eigenvalue weighted by molar-refractivity contribution is 0.402. The van der Waals surface area contributed by atoms with Crippen molar-refractivity contribution in [2.75, 3.05) is 0 Å². The maximum Gasteiger partial charge on any atom is 0.0663 e. The van der Waals surface area contributed by atoms with Crippen LogP contribution in [0.15, 0.2) is 11.6 Å². The molecule has 0 atom stereocenters. The molecule has 1 aliphatic carbocycles. The first-order chi connectivity index (χ1) is 5.84.